The summed E-state index contributed by atoms with van der Waals surface area (Å²) >= 11 is 0. The number of nitrogens with zero attached hydrogens (tertiary/aromatic N) is 3. The zero-order valence-corrected chi connectivity index (χ0v) is 8.61. The van der Waals surface area contributed by atoms with Crippen molar-refractivity contribution in [2.45, 2.75) is 0 Å². The smallest absolute Gasteiger partial charge is 0.291 e. The Labute approximate surface area is 91.1 Å². The number of amidine groups is 1. The van der Waals surface area contributed by atoms with Crippen LogP contribution in [0.4, 0.5) is 0 Å². The van der Waals surface area contributed by atoms with Gasteiger partial charge in [0, 0.05) is 0 Å². The van der Waals surface area contributed by atoms with Crippen molar-refractivity contribution in [3.05, 3.63) is 24.6 Å². The van der Waals surface area contributed by atoms with Crippen LogP contribution < -0.4 is 5.48 Å². The van der Waals surface area contributed by atoms with Crippen LogP contribution in [-0.4, -0.2) is 55.3 Å². The maximum atomic E-state index is 9.60. The minimum Gasteiger partial charge on any atom is -0.291 e. The van der Waals surface area contributed by atoms with Crippen LogP contribution in [0.3, 0.4) is 0 Å². The topological polar surface area (TPSA) is 91.0 Å². The van der Waals surface area contributed by atoms with Gasteiger partial charge in [-0.15, -0.1) is 0 Å². The maximum Gasteiger partial charge on any atom is 0.557 e. The lowest BCUT2D eigenvalue weighted by Gasteiger charge is -1.96. The van der Waals surface area contributed by atoms with Crippen molar-refractivity contribution in [1.82, 2.24) is 5.48 Å². The summed E-state index contributed by atoms with van der Waals surface area (Å²) in [6, 6.07) is 0. The van der Waals surface area contributed by atoms with Crippen LogP contribution in [0.25, 0.3) is 0 Å². The Kier molecular flexibility index (Phi) is 3.62. The molecule has 16 heavy (non-hydrogen) atoms. The van der Waals surface area contributed by atoms with Crippen LogP contribution in [0.1, 0.15) is 0 Å². The molecule has 1 aliphatic heterocycles. The van der Waals surface area contributed by atoms with Crippen LogP contribution in [0.5, 0.6) is 0 Å². The van der Waals surface area contributed by atoms with Crippen molar-refractivity contribution < 1.29 is 34.7 Å². The van der Waals surface area contributed by atoms with Gasteiger partial charge in [0.25, 0.3) is 0 Å². The number of hydroxylamine groups is 4. The van der Waals surface area contributed by atoms with Gasteiger partial charge < -0.3 is 0 Å². The summed E-state index contributed by atoms with van der Waals surface area (Å²) < 4.78 is 2.48. The number of hydrogen-bond donors (Lipinski definition) is 4. The molecule has 0 radical (unpaired) electrons. The fraction of sp³-hybridized carbons (Fsp3) is 0.125. The Balaban J connectivity index is 3.17. The molecule has 0 spiro atoms. The van der Waals surface area contributed by atoms with E-state index in [0.717, 1.165) is 21.9 Å². The highest BCUT2D eigenvalue weighted by Crippen LogP contribution is 1.98. The van der Waals surface area contributed by atoms with Gasteiger partial charge in [0.05, 0.1) is 15.7 Å². The standard InChI is InChI=1S/C8H13N4O4/c1-7-5-10(14)6-12(16-2)8(7)11(15)4-3-9-13/h3-6,9,13-15H,1H2,2H3/q+3/b4-3-,11-8-. The average molecular weight is 229 g/mol. The van der Waals surface area contributed by atoms with Crippen molar-refractivity contribution >= 4 is 18.4 Å². The zero-order chi connectivity index (χ0) is 12.1. The Morgan fingerprint density at radius 3 is 2.88 bits per heavy atom. The molecular formula is C8H13N4O4+3. The number of hydrogen-bond acceptors (Lipinski definition) is 5. The van der Waals surface area contributed by atoms with Gasteiger partial charge in [-0.2, -0.15) is 0 Å². The van der Waals surface area contributed by atoms with E-state index in [-0.39, 0.29) is 5.84 Å². The molecule has 0 fully saturated rings. The first-order chi connectivity index (χ1) is 7.60. The van der Waals surface area contributed by atoms with E-state index in [4.69, 9.17) is 10.0 Å². The molecule has 8 nitrogen and oxygen atoms in total. The molecule has 0 bridgehead atoms. The summed E-state index contributed by atoms with van der Waals surface area (Å²) in [4.78, 5) is 4.89. The minimum atomic E-state index is 0.166. The van der Waals surface area contributed by atoms with E-state index in [2.05, 4.69) is 6.58 Å². The molecule has 1 rings (SSSR count). The molecule has 86 valence electrons. The van der Waals surface area contributed by atoms with Crippen LogP contribution >= 0.6 is 0 Å². The third-order valence-corrected chi connectivity index (χ3v) is 1.71. The molecule has 0 aromatic heterocycles. The van der Waals surface area contributed by atoms with Gasteiger partial charge in [-0.25, -0.2) is 0 Å². The maximum absolute atomic E-state index is 9.60. The second kappa shape index (κ2) is 4.94. The molecule has 0 atom stereocenters. The predicted octanol–water partition coefficient (Wildman–Crippen LogP) is -1.12. The Morgan fingerprint density at radius 1 is 1.62 bits per heavy atom. The van der Waals surface area contributed by atoms with Crippen LogP contribution in [0.15, 0.2) is 24.6 Å². The summed E-state index contributed by atoms with van der Waals surface area (Å²) in [5.41, 5.74) is 2.03. The van der Waals surface area contributed by atoms with Gasteiger partial charge in [-0.05, 0) is 0 Å². The highest BCUT2D eigenvalue weighted by Gasteiger charge is 2.41. The Hall–Kier alpha value is -2.35. The fourth-order valence-corrected chi connectivity index (χ4v) is 1.11. The lowest BCUT2D eigenvalue weighted by molar-refractivity contribution is -0.817. The Morgan fingerprint density at radius 2 is 2.31 bits per heavy atom. The second-order valence-electron chi connectivity index (χ2n) is 2.77. The van der Waals surface area contributed by atoms with Crippen LogP contribution in [0, 0.1) is 0 Å². The normalized spacial score (nSPS) is 19.2. The van der Waals surface area contributed by atoms with Crippen LogP contribution in [0.2, 0.25) is 0 Å². The molecule has 0 saturated heterocycles. The van der Waals surface area contributed by atoms with E-state index >= 15 is 0 Å². The largest absolute Gasteiger partial charge is 0.557 e. The van der Waals surface area contributed by atoms with E-state index in [9.17, 15) is 10.4 Å². The SMILES string of the molecule is C=C1C=[N+](O)C=[N+](OC)/C1=[N+](O)/C=C\NO. The molecule has 1 aliphatic rings. The van der Waals surface area contributed by atoms with E-state index < -0.39 is 0 Å². The molecule has 8 heteroatoms. The molecule has 0 saturated carbocycles. The van der Waals surface area contributed by atoms with Crippen molar-refractivity contribution in [1.29, 1.82) is 0 Å². The zero-order valence-electron chi connectivity index (χ0n) is 8.61. The lowest BCUT2D eigenvalue weighted by Crippen LogP contribution is -2.37. The minimum absolute atomic E-state index is 0.166. The summed E-state index contributed by atoms with van der Waals surface area (Å²) in [5, 5.41) is 27.1. The number of rotatable bonds is 3. The van der Waals surface area contributed by atoms with Gasteiger partial charge in [-0.1, -0.05) is 6.58 Å². The average Bonchev–Trinajstić information content (AvgIpc) is 2.24. The first-order valence-corrected chi connectivity index (χ1v) is 4.21. The third-order valence-electron chi connectivity index (χ3n) is 1.71. The van der Waals surface area contributed by atoms with Gasteiger partial charge >= 0.3 is 12.2 Å². The van der Waals surface area contributed by atoms with Gasteiger partial charge in [-0.3, -0.25) is 25.9 Å². The van der Waals surface area contributed by atoms with E-state index in [0.29, 0.717) is 10.3 Å². The second-order valence-corrected chi connectivity index (χ2v) is 2.77. The predicted molar refractivity (Wildman–Crippen MR) is 51.7 cm³/mol. The Bertz CT molecular complexity index is 422. The molecular weight excluding hydrogens is 216 g/mol. The van der Waals surface area contributed by atoms with Crippen molar-refractivity contribution in [3.63, 3.8) is 0 Å². The van der Waals surface area contributed by atoms with Crippen LogP contribution in [-0.2, 0) is 4.84 Å². The van der Waals surface area contributed by atoms with Crippen molar-refractivity contribution in [2.24, 2.45) is 0 Å². The summed E-state index contributed by atoms with van der Waals surface area (Å²) in [6.45, 7) is 3.62. The van der Waals surface area contributed by atoms with Gasteiger partial charge in [0.1, 0.15) is 4.74 Å². The molecule has 4 N–H and O–H groups in total. The summed E-state index contributed by atoms with van der Waals surface area (Å²) in [6.07, 6.45) is 4.66. The number of nitrogens with one attached hydrogen (secondary N) is 1. The molecule has 0 unspecified atom stereocenters. The van der Waals surface area contributed by atoms with Crippen molar-refractivity contribution in [3.8, 4) is 0 Å². The van der Waals surface area contributed by atoms with Gasteiger partial charge in [0.2, 0.25) is 12.4 Å². The van der Waals surface area contributed by atoms with Crippen molar-refractivity contribution in [2.75, 3.05) is 7.11 Å². The molecule has 0 aromatic carbocycles. The lowest BCUT2D eigenvalue weighted by atomic mass is 10.3. The summed E-state index contributed by atoms with van der Waals surface area (Å²) in [7, 11) is 1.35. The first-order valence-electron chi connectivity index (χ1n) is 4.21. The third kappa shape index (κ3) is 2.36. The highest BCUT2D eigenvalue weighted by molar-refractivity contribution is 6.08. The van der Waals surface area contributed by atoms with Gasteiger partial charge in [0.15, 0.2) is 12.7 Å². The highest BCUT2D eigenvalue weighted by atomic mass is 16.7. The monoisotopic (exact) mass is 229 g/mol. The molecule has 1 heterocycles. The van der Waals surface area contributed by atoms with E-state index in [1.807, 2.05) is 0 Å². The summed E-state index contributed by atoms with van der Waals surface area (Å²) in [5.74, 6) is 0.166. The first kappa shape index (κ1) is 11.7. The fourth-order valence-electron chi connectivity index (χ4n) is 1.11. The molecule has 0 aliphatic carbocycles. The quantitative estimate of drug-likeness (QED) is 0.279. The molecule has 0 aromatic rings. The molecule has 0 amide bonds. The van der Waals surface area contributed by atoms with E-state index in [1.165, 1.54) is 19.7 Å². The van der Waals surface area contributed by atoms with E-state index in [1.54, 1.807) is 5.48 Å².